The van der Waals surface area contributed by atoms with Gasteiger partial charge in [0.1, 0.15) is 0 Å². The van der Waals surface area contributed by atoms with Gasteiger partial charge in [-0.3, -0.25) is 0 Å². The third-order valence-corrected chi connectivity index (χ3v) is 5.36. The van der Waals surface area contributed by atoms with E-state index >= 15 is 0 Å². The predicted octanol–water partition coefficient (Wildman–Crippen LogP) is 2.09. The number of rotatable bonds is 5. The lowest BCUT2D eigenvalue weighted by Crippen LogP contribution is -2.41. The van der Waals surface area contributed by atoms with E-state index in [0.29, 0.717) is 11.3 Å². The Morgan fingerprint density at radius 1 is 1.27 bits per heavy atom. The van der Waals surface area contributed by atoms with Gasteiger partial charge in [-0.25, -0.2) is 4.79 Å². The molecule has 1 saturated carbocycles. The van der Waals surface area contributed by atoms with E-state index in [4.69, 9.17) is 0 Å². The maximum Gasteiger partial charge on any atom is 0.317 e. The molecule has 2 atom stereocenters. The van der Waals surface area contributed by atoms with Gasteiger partial charge in [0.05, 0.1) is 0 Å². The second-order valence-corrected chi connectivity index (χ2v) is 7.13. The Hall–Kier alpha value is -1.55. The van der Waals surface area contributed by atoms with E-state index in [1.165, 1.54) is 30.4 Å². The smallest absolute Gasteiger partial charge is 0.317 e. The molecule has 4 nitrogen and oxygen atoms in total. The van der Waals surface area contributed by atoms with Crippen molar-refractivity contribution in [2.45, 2.75) is 24.7 Å². The molecule has 2 unspecified atom stereocenters. The van der Waals surface area contributed by atoms with E-state index in [1.807, 2.05) is 21.1 Å². The lowest BCUT2D eigenvalue weighted by atomic mass is 9.95. The Bertz CT molecular complexity index is 557. The third kappa shape index (κ3) is 2.84. The van der Waals surface area contributed by atoms with Gasteiger partial charge in [-0.05, 0) is 50.4 Å². The van der Waals surface area contributed by atoms with Crippen LogP contribution < -0.4 is 5.32 Å². The molecule has 0 saturated heterocycles. The molecule has 1 aromatic carbocycles. The van der Waals surface area contributed by atoms with Crippen LogP contribution in [-0.2, 0) is 11.8 Å². The van der Waals surface area contributed by atoms with E-state index in [1.54, 1.807) is 4.90 Å². The summed E-state index contributed by atoms with van der Waals surface area (Å²) in [6, 6.07) is 8.88. The fraction of sp³-hybridized carbons (Fsp3) is 0.611. The molecule has 1 aromatic rings. The highest BCUT2D eigenvalue weighted by molar-refractivity contribution is 5.73. The van der Waals surface area contributed by atoms with Crippen LogP contribution in [0.2, 0.25) is 0 Å². The van der Waals surface area contributed by atoms with Crippen LogP contribution in [0, 0.1) is 5.92 Å². The summed E-state index contributed by atoms with van der Waals surface area (Å²) in [5.74, 6) is 0.613. The Labute approximate surface area is 133 Å². The molecule has 22 heavy (non-hydrogen) atoms. The molecule has 0 aromatic heterocycles. The molecule has 0 radical (unpaired) electrons. The number of carbonyl (C=O) groups excluding carboxylic acids is 1. The molecule has 0 bridgehead atoms. The summed E-state index contributed by atoms with van der Waals surface area (Å²) in [5.41, 5.74) is 3.42. The average molecular weight is 301 g/mol. The quantitative estimate of drug-likeness (QED) is 0.904. The fourth-order valence-electron chi connectivity index (χ4n) is 3.80. The zero-order valence-corrected chi connectivity index (χ0v) is 13.9. The number of aryl methyl sites for hydroxylation is 1. The maximum absolute atomic E-state index is 12.1. The van der Waals surface area contributed by atoms with Crippen molar-refractivity contribution in [3.8, 4) is 0 Å². The van der Waals surface area contributed by atoms with Crippen molar-refractivity contribution in [2.75, 3.05) is 40.8 Å². The van der Waals surface area contributed by atoms with Crippen molar-refractivity contribution in [1.29, 1.82) is 0 Å². The summed E-state index contributed by atoms with van der Waals surface area (Å²) in [5, 5.41) is 3.12. The summed E-state index contributed by atoms with van der Waals surface area (Å²) >= 11 is 0. The molecule has 120 valence electrons. The first-order valence-corrected chi connectivity index (χ1v) is 8.25. The van der Waals surface area contributed by atoms with Gasteiger partial charge in [-0.15, -0.1) is 0 Å². The van der Waals surface area contributed by atoms with E-state index in [0.717, 1.165) is 19.6 Å². The number of hydrogen-bond donors (Lipinski definition) is 1. The summed E-state index contributed by atoms with van der Waals surface area (Å²) in [7, 11) is 5.92. The van der Waals surface area contributed by atoms with Crippen LogP contribution in [-0.4, -0.2) is 56.6 Å². The predicted molar refractivity (Wildman–Crippen MR) is 89.1 cm³/mol. The highest BCUT2D eigenvalue weighted by atomic mass is 16.2. The molecule has 0 heterocycles. The van der Waals surface area contributed by atoms with Gasteiger partial charge < -0.3 is 15.1 Å². The molecule has 0 aliphatic heterocycles. The first-order valence-electron chi connectivity index (χ1n) is 8.25. The van der Waals surface area contributed by atoms with Crippen molar-refractivity contribution in [1.82, 2.24) is 15.1 Å². The van der Waals surface area contributed by atoms with Crippen molar-refractivity contribution in [3.05, 3.63) is 35.4 Å². The summed E-state index contributed by atoms with van der Waals surface area (Å²) in [4.78, 5) is 16.0. The molecule has 1 N–H and O–H groups in total. The number of benzene rings is 1. The lowest BCUT2D eigenvalue weighted by Gasteiger charge is -2.20. The number of urea groups is 1. The Kier molecular flexibility index (Phi) is 4.13. The molecule has 1 spiro atoms. The maximum atomic E-state index is 12.1. The highest BCUT2D eigenvalue weighted by Crippen LogP contribution is 2.61. The summed E-state index contributed by atoms with van der Waals surface area (Å²) < 4.78 is 0. The van der Waals surface area contributed by atoms with Crippen molar-refractivity contribution >= 4 is 6.03 Å². The number of hydrogen-bond acceptors (Lipinski definition) is 2. The van der Waals surface area contributed by atoms with Gasteiger partial charge in [-0.1, -0.05) is 24.3 Å². The Morgan fingerprint density at radius 2 is 2.05 bits per heavy atom. The minimum absolute atomic E-state index is 0.0511. The SMILES string of the molecule is CN(C)CCN(C)C(=O)NCC1CC12CCc1ccccc12. The van der Waals surface area contributed by atoms with Crippen LogP contribution in [0.4, 0.5) is 4.79 Å². The zero-order chi connectivity index (χ0) is 15.7. The highest BCUT2D eigenvalue weighted by Gasteiger charge is 2.57. The number of amides is 2. The fourth-order valence-corrected chi connectivity index (χ4v) is 3.80. The van der Waals surface area contributed by atoms with Crippen LogP contribution in [0.25, 0.3) is 0 Å². The third-order valence-electron chi connectivity index (χ3n) is 5.36. The minimum Gasteiger partial charge on any atom is -0.338 e. The minimum atomic E-state index is 0.0511. The lowest BCUT2D eigenvalue weighted by molar-refractivity contribution is 0.203. The number of nitrogens with zero attached hydrogens (tertiary/aromatic N) is 2. The first-order chi connectivity index (χ1) is 10.5. The molecular formula is C18H27N3O. The van der Waals surface area contributed by atoms with Crippen molar-refractivity contribution < 1.29 is 4.79 Å². The number of likely N-dealkylation sites (N-methyl/N-ethyl adjacent to an activating group) is 2. The molecular weight excluding hydrogens is 274 g/mol. The van der Waals surface area contributed by atoms with E-state index in [-0.39, 0.29) is 6.03 Å². The number of fused-ring (bicyclic) bond motifs is 2. The van der Waals surface area contributed by atoms with Crippen molar-refractivity contribution in [3.63, 3.8) is 0 Å². The average Bonchev–Trinajstić information content (AvgIpc) is 3.09. The standard InChI is InChI=1S/C18H27N3O/c1-20(2)10-11-21(3)17(22)19-13-15-12-18(15)9-8-14-6-4-5-7-16(14)18/h4-7,15H,8-13H2,1-3H3,(H,19,22). The summed E-state index contributed by atoms with van der Waals surface area (Å²) in [6.45, 7) is 2.46. The van der Waals surface area contributed by atoms with Crippen molar-refractivity contribution in [2.24, 2.45) is 5.92 Å². The van der Waals surface area contributed by atoms with Gasteiger partial charge in [0.15, 0.2) is 0 Å². The monoisotopic (exact) mass is 301 g/mol. The Morgan fingerprint density at radius 3 is 2.82 bits per heavy atom. The Balaban J connectivity index is 1.50. The van der Waals surface area contributed by atoms with Crippen LogP contribution in [0.15, 0.2) is 24.3 Å². The molecule has 2 aliphatic carbocycles. The molecule has 2 amide bonds. The van der Waals surface area contributed by atoms with Gasteiger partial charge in [0.2, 0.25) is 0 Å². The van der Waals surface area contributed by atoms with Crippen LogP contribution >= 0.6 is 0 Å². The molecule has 4 heteroatoms. The number of carbonyl (C=O) groups is 1. The number of nitrogens with one attached hydrogen (secondary N) is 1. The van der Waals surface area contributed by atoms with Gasteiger partial charge in [-0.2, -0.15) is 0 Å². The van der Waals surface area contributed by atoms with E-state index in [2.05, 4.69) is 34.5 Å². The topological polar surface area (TPSA) is 35.6 Å². The van der Waals surface area contributed by atoms with Crippen LogP contribution in [0.1, 0.15) is 24.0 Å². The zero-order valence-electron chi connectivity index (χ0n) is 13.9. The molecule has 3 rings (SSSR count). The van der Waals surface area contributed by atoms with E-state index in [9.17, 15) is 4.79 Å². The summed E-state index contributed by atoms with van der Waals surface area (Å²) in [6.07, 6.45) is 3.68. The van der Waals surface area contributed by atoms with Gasteiger partial charge >= 0.3 is 6.03 Å². The second kappa shape index (κ2) is 5.92. The van der Waals surface area contributed by atoms with Crippen LogP contribution in [0.5, 0.6) is 0 Å². The van der Waals surface area contributed by atoms with Crippen LogP contribution in [0.3, 0.4) is 0 Å². The largest absolute Gasteiger partial charge is 0.338 e. The normalized spacial score (nSPS) is 25.4. The second-order valence-electron chi connectivity index (χ2n) is 7.13. The molecule has 2 aliphatic rings. The molecule has 1 fully saturated rings. The van der Waals surface area contributed by atoms with Gasteiger partial charge in [0, 0.05) is 32.1 Å². The van der Waals surface area contributed by atoms with E-state index < -0.39 is 0 Å². The first kappa shape index (κ1) is 15.3. The van der Waals surface area contributed by atoms with Gasteiger partial charge in [0.25, 0.3) is 0 Å².